The third-order valence-corrected chi connectivity index (χ3v) is 3.09. The molecule has 0 atom stereocenters. The highest BCUT2D eigenvalue weighted by molar-refractivity contribution is 5.36. The Bertz CT molecular complexity index is 368. The van der Waals surface area contributed by atoms with Crippen molar-refractivity contribution in [1.29, 1.82) is 0 Å². The summed E-state index contributed by atoms with van der Waals surface area (Å²) in [5.41, 5.74) is 1.01. The molecule has 1 N–H and O–H groups in total. The Balaban J connectivity index is 1.94. The molecule has 18 heavy (non-hydrogen) atoms. The van der Waals surface area contributed by atoms with E-state index in [1.807, 2.05) is 12.4 Å². The lowest BCUT2D eigenvalue weighted by Gasteiger charge is -2.21. The minimum Gasteiger partial charge on any atom is -0.383 e. The largest absolute Gasteiger partial charge is 0.383 e. The first kappa shape index (κ1) is 13.2. The Morgan fingerprint density at radius 3 is 2.94 bits per heavy atom. The number of anilines is 1. The highest BCUT2D eigenvalue weighted by Crippen LogP contribution is 2.19. The Morgan fingerprint density at radius 1 is 1.44 bits per heavy atom. The number of ether oxygens (including phenoxy) is 1. The lowest BCUT2D eigenvalue weighted by Crippen LogP contribution is -2.28. The number of nitrogens with zero attached hydrogens (tertiary/aromatic N) is 3. The van der Waals surface area contributed by atoms with Crippen molar-refractivity contribution in [3.05, 3.63) is 18.1 Å². The van der Waals surface area contributed by atoms with E-state index in [4.69, 9.17) is 4.74 Å². The van der Waals surface area contributed by atoms with Gasteiger partial charge in [0.1, 0.15) is 5.82 Å². The van der Waals surface area contributed by atoms with Crippen LogP contribution in [0.4, 0.5) is 5.82 Å². The molecular weight excluding hydrogens is 228 g/mol. The van der Waals surface area contributed by atoms with Crippen LogP contribution in [0.25, 0.3) is 0 Å². The summed E-state index contributed by atoms with van der Waals surface area (Å²) in [6, 6.07) is 0.700. The van der Waals surface area contributed by atoms with Gasteiger partial charge >= 0.3 is 0 Å². The van der Waals surface area contributed by atoms with E-state index in [2.05, 4.69) is 27.1 Å². The topological polar surface area (TPSA) is 50.3 Å². The van der Waals surface area contributed by atoms with Crippen molar-refractivity contribution >= 4 is 5.82 Å². The number of rotatable bonds is 8. The first-order chi connectivity index (χ1) is 8.83. The molecule has 0 saturated heterocycles. The fourth-order valence-corrected chi connectivity index (χ4v) is 1.80. The third kappa shape index (κ3) is 3.92. The maximum atomic E-state index is 5.11. The Hall–Kier alpha value is -1.20. The second kappa shape index (κ2) is 6.66. The van der Waals surface area contributed by atoms with Crippen molar-refractivity contribution < 1.29 is 4.74 Å². The van der Waals surface area contributed by atoms with Crippen LogP contribution < -0.4 is 10.2 Å². The van der Waals surface area contributed by atoms with Crippen molar-refractivity contribution in [1.82, 2.24) is 15.3 Å². The van der Waals surface area contributed by atoms with Crippen molar-refractivity contribution in [2.75, 3.05) is 31.7 Å². The fourth-order valence-electron chi connectivity index (χ4n) is 1.80. The first-order valence-corrected chi connectivity index (χ1v) is 6.61. The van der Waals surface area contributed by atoms with Gasteiger partial charge in [-0.3, -0.25) is 4.98 Å². The summed E-state index contributed by atoms with van der Waals surface area (Å²) in [5.74, 6) is 0.935. The highest BCUT2D eigenvalue weighted by Gasteiger charge is 2.20. The van der Waals surface area contributed by atoms with Gasteiger partial charge in [0.2, 0.25) is 0 Å². The quantitative estimate of drug-likeness (QED) is 0.751. The fraction of sp³-hybridized carbons (Fsp3) is 0.692. The summed E-state index contributed by atoms with van der Waals surface area (Å²) in [4.78, 5) is 11.1. The van der Waals surface area contributed by atoms with Crippen molar-refractivity contribution in [3.63, 3.8) is 0 Å². The van der Waals surface area contributed by atoms with Crippen LogP contribution in [0.2, 0.25) is 0 Å². The van der Waals surface area contributed by atoms with E-state index in [0.717, 1.165) is 31.1 Å². The lowest BCUT2D eigenvalue weighted by atomic mass is 10.4. The molecule has 5 nitrogen and oxygen atoms in total. The van der Waals surface area contributed by atoms with Gasteiger partial charge in [-0.05, 0) is 19.8 Å². The number of methoxy groups -OCH3 is 1. The van der Waals surface area contributed by atoms with E-state index < -0.39 is 0 Å². The maximum Gasteiger partial charge on any atom is 0.147 e. The van der Waals surface area contributed by atoms with Gasteiger partial charge in [-0.2, -0.15) is 0 Å². The predicted molar refractivity (Wildman–Crippen MR) is 71.7 cm³/mol. The van der Waals surface area contributed by atoms with Crippen LogP contribution in [-0.2, 0) is 11.3 Å². The summed E-state index contributed by atoms with van der Waals surface area (Å²) in [6.45, 7) is 5.40. The molecular formula is C13H22N4O. The summed E-state index contributed by atoms with van der Waals surface area (Å²) in [6.07, 6.45) is 6.24. The molecule has 5 heteroatoms. The van der Waals surface area contributed by atoms with Crippen LogP contribution in [0.5, 0.6) is 0 Å². The zero-order valence-corrected chi connectivity index (χ0v) is 11.2. The molecule has 0 amide bonds. The molecule has 0 spiro atoms. The Labute approximate surface area is 109 Å². The lowest BCUT2D eigenvalue weighted by molar-refractivity contribution is 0.205. The van der Waals surface area contributed by atoms with Crippen LogP contribution in [0.3, 0.4) is 0 Å². The van der Waals surface area contributed by atoms with Gasteiger partial charge in [-0.25, -0.2) is 4.98 Å². The van der Waals surface area contributed by atoms with Gasteiger partial charge in [0, 0.05) is 39.0 Å². The number of aromatic nitrogens is 2. The molecule has 0 radical (unpaired) electrons. The van der Waals surface area contributed by atoms with E-state index in [1.54, 1.807) is 7.11 Å². The summed E-state index contributed by atoms with van der Waals surface area (Å²) in [5, 5.41) is 3.45. The Morgan fingerprint density at radius 2 is 2.28 bits per heavy atom. The zero-order valence-electron chi connectivity index (χ0n) is 11.2. The van der Waals surface area contributed by atoms with E-state index in [1.165, 1.54) is 12.8 Å². The van der Waals surface area contributed by atoms with Gasteiger partial charge < -0.3 is 15.0 Å². The van der Waals surface area contributed by atoms with Crippen molar-refractivity contribution in [3.8, 4) is 0 Å². The minimum atomic E-state index is 0.700. The predicted octanol–water partition coefficient (Wildman–Crippen LogP) is 1.20. The van der Waals surface area contributed by atoms with E-state index in [9.17, 15) is 0 Å². The normalized spacial score (nSPS) is 14.8. The summed E-state index contributed by atoms with van der Waals surface area (Å²) < 4.78 is 5.11. The van der Waals surface area contributed by atoms with Gasteiger partial charge in [-0.15, -0.1) is 0 Å². The molecule has 0 aromatic carbocycles. The molecule has 1 saturated carbocycles. The minimum absolute atomic E-state index is 0.700. The first-order valence-electron chi connectivity index (χ1n) is 6.61. The van der Waals surface area contributed by atoms with Crippen LogP contribution in [0.1, 0.15) is 25.5 Å². The van der Waals surface area contributed by atoms with Gasteiger partial charge in [0.05, 0.1) is 18.5 Å². The molecule has 0 unspecified atom stereocenters. The van der Waals surface area contributed by atoms with E-state index >= 15 is 0 Å². The highest BCUT2D eigenvalue weighted by atomic mass is 16.5. The van der Waals surface area contributed by atoms with Crippen LogP contribution in [0.15, 0.2) is 12.4 Å². The monoisotopic (exact) mass is 250 g/mol. The number of likely N-dealkylation sites (N-methyl/N-ethyl adjacent to an activating group) is 1. The SMILES string of the molecule is CCN(CCOC)c1cncc(CNC2CC2)n1. The number of nitrogens with one attached hydrogen (secondary N) is 1. The maximum absolute atomic E-state index is 5.11. The summed E-state index contributed by atoms with van der Waals surface area (Å²) >= 11 is 0. The van der Waals surface area contributed by atoms with Crippen LogP contribution in [0, 0.1) is 0 Å². The molecule has 1 aliphatic carbocycles. The second-order valence-electron chi connectivity index (χ2n) is 4.60. The van der Waals surface area contributed by atoms with E-state index in [0.29, 0.717) is 12.6 Å². The molecule has 2 rings (SSSR count). The van der Waals surface area contributed by atoms with Gasteiger partial charge in [0.15, 0.2) is 0 Å². The molecule has 1 aromatic heterocycles. The third-order valence-electron chi connectivity index (χ3n) is 3.09. The molecule has 1 aliphatic rings. The van der Waals surface area contributed by atoms with Crippen molar-refractivity contribution in [2.45, 2.75) is 32.4 Å². The van der Waals surface area contributed by atoms with Crippen molar-refractivity contribution in [2.24, 2.45) is 0 Å². The summed E-state index contributed by atoms with van der Waals surface area (Å²) in [7, 11) is 1.72. The number of hydrogen-bond donors (Lipinski definition) is 1. The average molecular weight is 250 g/mol. The van der Waals surface area contributed by atoms with Crippen LogP contribution in [-0.4, -0.2) is 42.8 Å². The molecule has 0 bridgehead atoms. The smallest absolute Gasteiger partial charge is 0.147 e. The number of hydrogen-bond acceptors (Lipinski definition) is 5. The second-order valence-corrected chi connectivity index (χ2v) is 4.60. The standard InChI is InChI=1S/C13H22N4O/c1-3-17(6-7-18-2)13-10-14-8-12(16-13)9-15-11-4-5-11/h8,10-11,15H,3-7,9H2,1-2H3. The zero-order chi connectivity index (χ0) is 12.8. The molecule has 1 aromatic rings. The average Bonchev–Trinajstić information content (AvgIpc) is 3.22. The van der Waals surface area contributed by atoms with Gasteiger partial charge in [0.25, 0.3) is 0 Å². The molecule has 1 fully saturated rings. The van der Waals surface area contributed by atoms with E-state index in [-0.39, 0.29) is 0 Å². The molecule has 1 heterocycles. The molecule has 0 aliphatic heterocycles. The molecule has 100 valence electrons. The van der Waals surface area contributed by atoms with Crippen LogP contribution >= 0.6 is 0 Å². The Kier molecular flexibility index (Phi) is 4.90. The van der Waals surface area contributed by atoms with Gasteiger partial charge in [-0.1, -0.05) is 0 Å².